The molecule has 0 radical (unpaired) electrons. The molecule has 2 heterocycles. The van der Waals surface area contributed by atoms with Crippen molar-refractivity contribution in [2.24, 2.45) is 0 Å². The lowest BCUT2D eigenvalue weighted by atomic mass is 10.0. The van der Waals surface area contributed by atoms with Gasteiger partial charge in [0.2, 0.25) is 0 Å². The maximum absolute atomic E-state index is 12.8. The van der Waals surface area contributed by atoms with Gasteiger partial charge in [-0.2, -0.15) is 0 Å². The topological polar surface area (TPSA) is 98.2 Å². The minimum atomic E-state index is -1.10. The number of carboxylic acid groups (broad SMARTS) is 1. The summed E-state index contributed by atoms with van der Waals surface area (Å²) in [6.07, 6.45) is -0.561. The van der Waals surface area contributed by atoms with E-state index in [1.807, 2.05) is 61.5 Å². The van der Waals surface area contributed by atoms with Crippen LogP contribution in [0.15, 0.2) is 54.6 Å². The maximum atomic E-state index is 12.8. The molecule has 0 saturated carbocycles. The number of benzene rings is 2. The van der Waals surface area contributed by atoms with E-state index < -0.39 is 29.3 Å². The second-order valence-electron chi connectivity index (χ2n) is 9.97. The second kappa shape index (κ2) is 9.09. The van der Waals surface area contributed by atoms with E-state index in [0.717, 1.165) is 10.9 Å². The van der Waals surface area contributed by atoms with E-state index in [-0.39, 0.29) is 13.0 Å². The van der Waals surface area contributed by atoms with Crippen molar-refractivity contribution in [3.63, 3.8) is 0 Å². The molecule has 0 bridgehead atoms. The van der Waals surface area contributed by atoms with Crippen LogP contribution in [0.5, 0.6) is 11.5 Å². The van der Waals surface area contributed by atoms with E-state index in [1.54, 1.807) is 27.9 Å². The first-order valence-electron chi connectivity index (χ1n) is 11.4. The highest BCUT2D eigenvalue weighted by Gasteiger charge is 2.49. The van der Waals surface area contributed by atoms with Crippen molar-refractivity contribution in [2.75, 3.05) is 13.7 Å². The second-order valence-corrected chi connectivity index (χ2v) is 9.97. The zero-order valence-electron chi connectivity index (χ0n) is 20.6. The lowest BCUT2D eigenvalue weighted by Crippen LogP contribution is -2.44. The standard InChI is InChI=1S/C27H30N2O6/c1-26(2,3)35-25(32)29-16-27(4,15-22(29)24(30)31)34-23-14-20(17-9-7-6-8-10-17)28-21-13-18(33-5)11-12-19(21)23/h6-14,22H,15-16H2,1-5H3,(H,30,31)/t22-,27+/m0/s1. The Labute approximate surface area is 204 Å². The van der Waals surface area contributed by atoms with Crippen LogP contribution in [0.1, 0.15) is 34.1 Å². The number of aromatic nitrogens is 1. The van der Waals surface area contributed by atoms with Gasteiger partial charge in [-0.15, -0.1) is 0 Å². The first-order valence-corrected chi connectivity index (χ1v) is 11.4. The van der Waals surface area contributed by atoms with Crippen LogP contribution in [0.25, 0.3) is 22.2 Å². The summed E-state index contributed by atoms with van der Waals surface area (Å²) >= 11 is 0. The molecule has 1 fully saturated rings. The zero-order valence-corrected chi connectivity index (χ0v) is 20.6. The monoisotopic (exact) mass is 478 g/mol. The zero-order chi connectivity index (χ0) is 25.4. The average Bonchev–Trinajstić information content (AvgIpc) is 3.16. The molecule has 1 aliphatic rings. The SMILES string of the molecule is COc1ccc2c(O[C@]3(C)C[C@@H](C(=O)O)N(C(=O)OC(C)(C)C)C3)cc(-c3ccccc3)nc2c1. The van der Waals surface area contributed by atoms with E-state index in [1.165, 1.54) is 4.90 Å². The first-order chi connectivity index (χ1) is 16.5. The molecule has 8 heteroatoms. The van der Waals surface area contributed by atoms with Gasteiger partial charge in [0.15, 0.2) is 0 Å². The third-order valence-electron chi connectivity index (χ3n) is 5.82. The molecule has 1 amide bonds. The van der Waals surface area contributed by atoms with Crippen LogP contribution in [0.3, 0.4) is 0 Å². The Kier molecular flexibility index (Phi) is 6.32. The van der Waals surface area contributed by atoms with Crippen LogP contribution in [0.4, 0.5) is 4.79 Å². The van der Waals surface area contributed by atoms with Gasteiger partial charge in [-0.05, 0) is 39.8 Å². The Morgan fingerprint density at radius 2 is 1.83 bits per heavy atom. The lowest BCUT2D eigenvalue weighted by molar-refractivity contribution is -0.142. The van der Waals surface area contributed by atoms with Gasteiger partial charge in [0.25, 0.3) is 0 Å². The molecule has 4 rings (SSSR count). The number of carboxylic acids is 1. The highest BCUT2D eigenvalue weighted by molar-refractivity contribution is 5.89. The van der Waals surface area contributed by atoms with Crippen molar-refractivity contribution in [3.05, 3.63) is 54.6 Å². The molecule has 1 aliphatic heterocycles. The predicted octanol–water partition coefficient (Wildman–Crippen LogP) is 5.14. The van der Waals surface area contributed by atoms with E-state index >= 15 is 0 Å². The molecule has 0 spiro atoms. The van der Waals surface area contributed by atoms with E-state index in [2.05, 4.69) is 0 Å². The molecule has 8 nitrogen and oxygen atoms in total. The Hall–Kier alpha value is -3.81. The summed E-state index contributed by atoms with van der Waals surface area (Å²) in [6, 6.07) is 16.0. The smallest absolute Gasteiger partial charge is 0.411 e. The number of aliphatic carboxylic acids is 1. The van der Waals surface area contributed by atoms with Gasteiger partial charge in [-0.1, -0.05) is 30.3 Å². The van der Waals surface area contributed by atoms with Gasteiger partial charge in [0.05, 0.1) is 24.9 Å². The van der Waals surface area contributed by atoms with E-state index in [4.69, 9.17) is 19.2 Å². The third kappa shape index (κ3) is 5.31. The third-order valence-corrected chi connectivity index (χ3v) is 5.82. The number of fused-ring (bicyclic) bond motifs is 1. The number of amides is 1. The number of carbonyl (C=O) groups is 2. The molecule has 1 aromatic heterocycles. The highest BCUT2D eigenvalue weighted by Crippen LogP contribution is 2.38. The quantitative estimate of drug-likeness (QED) is 0.542. The number of pyridine rings is 1. The minimum Gasteiger partial charge on any atom is -0.497 e. The molecule has 184 valence electrons. The summed E-state index contributed by atoms with van der Waals surface area (Å²) in [5, 5.41) is 10.6. The molecule has 0 unspecified atom stereocenters. The van der Waals surface area contributed by atoms with Crippen molar-refractivity contribution in [1.82, 2.24) is 9.88 Å². The molecule has 1 N–H and O–H groups in total. The van der Waals surface area contributed by atoms with Crippen molar-refractivity contribution in [1.29, 1.82) is 0 Å². The van der Waals surface area contributed by atoms with Crippen molar-refractivity contribution >= 4 is 23.0 Å². The normalized spacial score (nSPS) is 20.0. The van der Waals surface area contributed by atoms with Gasteiger partial charge in [-0.3, -0.25) is 4.90 Å². The van der Waals surface area contributed by atoms with Crippen LogP contribution in [-0.4, -0.2) is 58.0 Å². The lowest BCUT2D eigenvalue weighted by Gasteiger charge is -2.28. The van der Waals surface area contributed by atoms with E-state index in [0.29, 0.717) is 22.7 Å². The molecular weight excluding hydrogens is 448 g/mol. The highest BCUT2D eigenvalue weighted by atomic mass is 16.6. The van der Waals surface area contributed by atoms with Crippen LogP contribution in [-0.2, 0) is 9.53 Å². The van der Waals surface area contributed by atoms with Crippen molar-refractivity contribution < 1.29 is 28.9 Å². The minimum absolute atomic E-state index is 0.0690. The summed E-state index contributed by atoms with van der Waals surface area (Å²) in [7, 11) is 1.59. The molecule has 2 aromatic carbocycles. The van der Waals surface area contributed by atoms with Crippen molar-refractivity contribution in [3.8, 4) is 22.8 Å². The number of nitrogens with zero attached hydrogens (tertiary/aromatic N) is 2. The summed E-state index contributed by atoms with van der Waals surface area (Å²) in [6.45, 7) is 7.11. The molecule has 2 atom stereocenters. The number of ether oxygens (including phenoxy) is 3. The number of hydrogen-bond acceptors (Lipinski definition) is 6. The molecular formula is C27H30N2O6. The van der Waals surface area contributed by atoms with Gasteiger partial charge in [0, 0.05) is 29.5 Å². The summed E-state index contributed by atoms with van der Waals surface area (Å²) in [5.74, 6) is 0.113. The molecule has 35 heavy (non-hydrogen) atoms. The Morgan fingerprint density at radius 1 is 1.11 bits per heavy atom. The summed E-state index contributed by atoms with van der Waals surface area (Å²) in [5.41, 5.74) is 0.604. The molecule has 3 aromatic rings. The summed E-state index contributed by atoms with van der Waals surface area (Å²) in [4.78, 5) is 30.8. The van der Waals surface area contributed by atoms with Crippen LogP contribution in [0, 0.1) is 0 Å². The fourth-order valence-corrected chi connectivity index (χ4v) is 4.27. The van der Waals surface area contributed by atoms with Gasteiger partial charge >= 0.3 is 12.1 Å². The van der Waals surface area contributed by atoms with Crippen LogP contribution < -0.4 is 9.47 Å². The summed E-state index contributed by atoms with van der Waals surface area (Å²) < 4.78 is 17.3. The number of likely N-dealkylation sites (tertiary alicyclic amines) is 1. The van der Waals surface area contributed by atoms with Crippen molar-refractivity contribution in [2.45, 2.75) is 51.4 Å². The largest absolute Gasteiger partial charge is 0.497 e. The number of methoxy groups -OCH3 is 1. The number of hydrogen-bond donors (Lipinski definition) is 1. The Bertz CT molecular complexity index is 1250. The molecule has 1 saturated heterocycles. The fraction of sp³-hybridized carbons (Fsp3) is 0.370. The van der Waals surface area contributed by atoms with E-state index in [9.17, 15) is 14.7 Å². The van der Waals surface area contributed by atoms with Gasteiger partial charge in [-0.25, -0.2) is 14.6 Å². The Balaban J connectivity index is 1.73. The predicted molar refractivity (Wildman–Crippen MR) is 132 cm³/mol. The molecule has 0 aliphatic carbocycles. The average molecular weight is 479 g/mol. The van der Waals surface area contributed by atoms with Crippen LogP contribution >= 0.6 is 0 Å². The Morgan fingerprint density at radius 3 is 2.46 bits per heavy atom. The van der Waals surface area contributed by atoms with Crippen LogP contribution in [0.2, 0.25) is 0 Å². The maximum Gasteiger partial charge on any atom is 0.411 e. The van der Waals surface area contributed by atoms with Gasteiger partial charge < -0.3 is 19.3 Å². The number of carbonyl (C=O) groups excluding carboxylic acids is 1. The first kappa shape index (κ1) is 24.3. The van der Waals surface area contributed by atoms with Gasteiger partial charge in [0.1, 0.15) is 28.7 Å². The fourth-order valence-electron chi connectivity index (χ4n) is 4.27. The number of rotatable bonds is 5.